The first-order valence-corrected chi connectivity index (χ1v) is 8.61. The van der Waals surface area contributed by atoms with Gasteiger partial charge in [-0.25, -0.2) is 0 Å². The van der Waals surface area contributed by atoms with Crippen molar-refractivity contribution in [3.8, 4) is 5.75 Å². The van der Waals surface area contributed by atoms with Crippen LogP contribution < -0.4 is 4.74 Å². The second-order valence-corrected chi connectivity index (χ2v) is 7.08. The lowest BCUT2D eigenvalue weighted by atomic mass is 10.2. The van der Waals surface area contributed by atoms with Crippen molar-refractivity contribution in [1.82, 2.24) is 4.90 Å². The summed E-state index contributed by atoms with van der Waals surface area (Å²) in [6.45, 7) is 1.63. The molecule has 0 aromatic heterocycles. The van der Waals surface area contributed by atoms with E-state index < -0.39 is 6.10 Å². The number of nitrogens with zero attached hydrogens (tertiary/aromatic N) is 1. The summed E-state index contributed by atoms with van der Waals surface area (Å²) >= 11 is 6.82. The van der Waals surface area contributed by atoms with Crippen LogP contribution in [0.3, 0.4) is 0 Å². The van der Waals surface area contributed by atoms with E-state index in [1.807, 2.05) is 43.4 Å². The van der Waals surface area contributed by atoms with Crippen LogP contribution in [0.1, 0.15) is 5.56 Å². The maximum absolute atomic E-state index is 10.1. The Balaban J connectivity index is 1.76. The number of hydrogen-bond acceptors (Lipinski definition) is 3. The number of ether oxygens (including phenoxy) is 1. The van der Waals surface area contributed by atoms with Crippen molar-refractivity contribution in [3.63, 3.8) is 0 Å². The Morgan fingerprint density at radius 2 is 1.82 bits per heavy atom. The van der Waals surface area contributed by atoms with Gasteiger partial charge in [0.15, 0.2) is 0 Å². The molecule has 22 heavy (non-hydrogen) atoms. The average Bonchev–Trinajstić information content (AvgIpc) is 2.47. The molecule has 5 heteroatoms. The van der Waals surface area contributed by atoms with Crippen molar-refractivity contribution in [2.45, 2.75) is 12.6 Å². The summed E-state index contributed by atoms with van der Waals surface area (Å²) in [7, 11) is 1.99. The standard InChI is InChI=1S/C17H19Br2NO2/c1-20(10-13-5-7-14(18)8-6-13)11-16(21)12-22-17-4-2-3-15(19)9-17/h2-9,16,21H,10-12H2,1H3/t16-/m1/s1. The van der Waals surface area contributed by atoms with Gasteiger partial charge in [0.25, 0.3) is 0 Å². The Labute approximate surface area is 148 Å². The molecule has 2 rings (SSSR count). The third-order valence-electron chi connectivity index (χ3n) is 3.13. The van der Waals surface area contributed by atoms with Gasteiger partial charge in [-0.15, -0.1) is 0 Å². The number of likely N-dealkylation sites (N-methyl/N-ethyl adjacent to an activating group) is 1. The van der Waals surface area contributed by atoms with Gasteiger partial charge in [0.2, 0.25) is 0 Å². The number of aliphatic hydroxyl groups excluding tert-OH is 1. The van der Waals surface area contributed by atoms with Crippen molar-refractivity contribution in [2.75, 3.05) is 20.2 Å². The maximum Gasteiger partial charge on any atom is 0.120 e. The van der Waals surface area contributed by atoms with E-state index in [0.717, 1.165) is 21.2 Å². The van der Waals surface area contributed by atoms with Crippen LogP contribution in [0.15, 0.2) is 57.5 Å². The van der Waals surface area contributed by atoms with E-state index in [0.29, 0.717) is 6.54 Å². The first kappa shape index (κ1) is 17.5. The summed E-state index contributed by atoms with van der Waals surface area (Å²) < 4.78 is 7.64. The fourth-order valence-corrected chi connectivity index (χ4v) is 2.77. The molecule has 0 spiro atoms. The lowest BCUT2D eigenvalue weighted by Crippen LogP contribution is -2.32. The molecule has 0 saturated carbocycles. The number of benzene rings is 2. The van der Waals surface area contributed by atoms with Gasteiger partial charge in [0.05, 0.1) is 0 Å². The quantitative estimate of drug-likeness (QED) is 0.720. The lowest BCUT2D eigenvalue weighted by Gasteiger charge is -2.21. The summed E-state index contributed by atoms with van der Waals surface area (Å²) in [6, 6.07) is 15.8. The van der Waals surface area contributed by atoms with Crippen LogP contribution in [0.2, 0.25) is 0 Å². The minimum atomic E-state index is -0.528. The van der Waals surface area contributed by atoms with Gasteiger partial charge < -0.3 is 9.84 Å². The Morgan fingerprint density at radius 1 is 1.09 bits per heavy atom. The Morgan fingerprint density at radius 3 is 2.50 bits per heavy atom. The molecule has 0 heterocycles. The lowest BCUT2D eigenvalue weighted by molar-refractivity contribution is 0.0744. The highest BCUT2D eigenvalue weighted by molar-refractivity contribution is 9.10. The van der Waals surface area contributed by atoms with E-state index in [1.54, 1.807) is 0 Å². The smallest absolute Gasteiger partial charge is 0.120 e. The molecule has 0 amide bonds. The number of aliphatic hydroxyl groups is 1. The molecule has 1 N–H and O–H groups in total. The average molecular weight is 429 g/mol. The highest BCUT2D eigenvalue weighted by Crippen LogP contribution is 2.18. The molecule has 3 nitrogen and oxygen atoms in total. The SMILES string of the molecule is CN(Cc1ccc(Br)cc1)C[C@@H](O)COc1cccc(Br)c1. The van der Waals surface area contributed by atoms with E-state index in [4.69, 9.17) is 4.74 Å². The predicted octanol–water partition coefficient (Wildman–Crippen LogP) is 4.08. The molecule has 0 aliphatic rings. The van der Waals surface area contributed by atoms with Crippen molar-refractivity contribution < 1.29 is 9.84 Å². The van der Waals surface area contributed by atoms with Crippen molar-refractivity contribution in [1.29, 1.82) is 0 Å². The molecule has 0 aliphatic heterocycles. The molecular formula is C17H19Br2NO2. The van der Waals surface area contributed by atoms with Crippen LogP contribution in [0.25, 0.3) is 0 Å². The van der Waals surface area contributed by atoms with Gasteiger partial charge in [-0.05, 0) is 42.9 Å². The topological polar surface area (TPSA) is 32.7 Å². The number of rotatable bonds is 7. The zero-order chi connectivity index (χ0) is 15.9. The monoisotopic (exact) mass is 427 g/mol. The van der Waals surface area contributed by atoms with E-state index in [2.05, 4.69) is 48.9 Å². The van der Waals surface area contributed by atoms with Gasteiger partial charge in [-0.3, -0.25) is 4.90 Å². The van der Waals surface area contributed by atoms with E-state index in [9.17, 15) is 5.11 Å². The van der Waals surface area contributed by atoms with Crippen LogP contribution in [0.5, 0.6) is 5.75 Å². The van der Waals surface area contributed by atoms with E-state index in [1.165, 1.54) is 5.56 Å². The summed E-state index contributed by atoms with van der Waals surface area (Å²) in [5, 5.41) is 10.1. The van der Waals surface area contributed by atoms with Crippen molar-refractivity contribution in [2.24, 2.45) is 0 Å². The minimum absolute atomic E-state index is 0.279. The summed E-state index contributed by atoms with van der Waals surface area (Å²) in [5.74, 6) is 0.754. The third kappa shape index (κ3) is 6.08. The van der Waals surface area contributed by atoms with Crippen LogP contribution >= 0.6 is 31.9 Å². The maximum atomic E-state index is 10.1. The summed E-state index contributed by atoms with van der Waals surface area (Å²) in [6.07, 6.45) is -0.528. The van der Waals surface area contributed by atoms with Crippen molar-refractivity contribution in [3.05, 3.63) is 63.0 Å². The Hall–Kier alpha value is -0.880. The Kier molecular flexibility index (Phi) is 6.89. The molecule has 0 aliphatic carbocycles. The van der Waals surface area contributed by atoms with Crippen LogP contribution in [-0.2, 0) is 6.54 Å². The zero-order valence-electron chi connectivity index (χ0n) is 12.4. The molecule has 0 unspecified atom stereocenters. The molecule has 0 bridgehead atoms. The van der Waals surface area contributed by atoms with E-state index >= 15 is 0 Å². The Bertz CT molecular complexity index is 589. The van der Waals surface area contributed by atoms with Gasteiger partial charge >= 0.3 is 0 Å². The first-order chi connectivity index (χ1) is 10.5. The van der Waals surface area contributed by atoms with E-state index in [-0.39, 0.29) is 6.61 Å². The molecule has 0 radical (unpaired) electrons. The first-order valence-electron chi connectivity index (χ1n) is 7.02. The predicted molar refractivity (Wildman–Crippen MR) is 96.1 cm³/mol. The van der Waals surface area contributed by atoms with Crippen LogP contribution in [0, 0.1) is 0 Å². The highest BCUT2D eigenvalue weighted by atomic mass is 79.9. The molecule has 0 saturated heterocycles. The summed E-state index contributed by atoms with van der Waals surface area (Å²) in [5.41, 5.74) is 1.21. The largest absolute Gasteiger partial charge is 0.491 e. The number of hydrogen-bond donors (Lipinski definition) is 1. The van der Waals surface area contributed by atoms with Gasteiger partial charge in [0, 0.05) is 22.0 Å². The molecule has 2 aromatic rings. The summed E-state index contributed by atoms with van der Waals surface area (Å²) in [4.78, 5) is 2.08. The third-order valence-corrected chi connectivity index (χ3v) is 4.15. The van der Waals surface area contributed by atoms with Crippen molar-refractivity contribution >= 4 is 31.9 Å². The fraction of sp³-hybridized carbons (Fsp3) is 0.294. The molecule has 1 atom stereocenters. The van der Waals surface area contributed by atoms with Gasteiger partial charge in [-0.2, -0.15) is 0 Å². The van der Waals surface area contributed by atoms with Crippen LogP contribution in [0.4, 0.5) is 0 Å². The molecule has 2 aromatic carbocycles. The molecule has 0 fully saturated rings. The van der Waals surface area contributed by atoms with Gasteiger partial charge in [-0.1, -0.05) is 50.1 Å². The van der Waals surface area contributed by atoms with Crippen LogP contribution in [-0.4, -0.2) is 36.3 Å². The second-order valence-electron chi connectivity index (χ2n) is 5.25. The normalized spacial score (nSPS) is 12.4. The fourth-order valence-electron chi connectivity index (χ4n) is 2.13. The number of halogens is 2. The van der Waals surface area contributed by atoms with Gasteiger partial charge in [0.1, 0.15) is 18.5 Å². The highest BCUT2D eigenvalue weighted by Gasteiger charge is 2.10. The minimum Gasteiger partial charge on any atom is -0.491 e. The second kappa shape index (κ2) is 8.67. The molecule has 118 valence electrons. The molecular weight excluding hydrogens is 410 g/mol. The zero-order valence-corrected chi connectivity index (χ0v) is 15.5.